The average Bonchev–Trinajstić information content (AvgIpc) is 2.42. The Labute approximate surface area is 118 Å². The van der Waals surface area contributed by atoms with Crippen molar-refractivity contribution in [3.05, 3.63) is 70.8 Å². The third kappa shape index (κ3) is 3.42. The van der Waals surface area contributed by atoms with Gasteiger partial charge in [-0.25, -0.2) is 8.78 Å². The van der Waals surface area contributed by atoms with E-state index in [2.05, 4.69) is 5.32 Å². The van der Waals surface area contributed by atoms with Gasteiger partial charge in [0.05, 0.1) is 0 Å². The monoisotopic (exact) mass is 275 g/mol. The first-order valence-corrected chi connectivity index (χ1v) is 6.75. The van der Waals surface area contributed by atoms with Gasteiger partial charge in [-0.15, -0.1) is 0 Å². The lowest BCUT2D eigenvalue weighted by Crippen LogP contribution is -2.22. The van der Waals surface area contributed by atoms with Crippen molar-refractivity contribution >= 4 is 0 Å². The van der Waals surface area contributed by atoms with Crippen LogP contribution < -0.4 is 5.32 Å². The van der Waals surface area contributed by atoms with Crippen LogP contribution in [0.15, 0.2) is 42.5 Å². The van der Waals surface area contributed by atoms with E-state index in [1.54, 1.807) is 31.2 Å². The normalized spacial score (nSPS) is 14.1. The SMILES string of the molecule is Cc1ccc(C(C)N[C@H](C)c2ccc(F)cc2)cc1F. The van der Waals surface area contributed by atoms with Gasteiger partial charge in [0.15, 0.2) is 0 Å². The van der Waals surface area contributed by atoms with Gasteiger partial charge in [-0.2, -0.15) is 0 Å². The van der Waals surface area contributed by atoms with Crippen molar-refractivity contribution < 1.29 is 8.78 Å². The van der Waals surface area contributed by atoms with Gasteiger partial charge < -0.3 is 5.32 Å². The van der Waals surface area contributed by atoms with E-state index >= 15 is 0 Å². The smallest absolute Gasteiger partial charge is 0.126 e. The second kappa shape index (κ2) is 6.14. The number of aryl methyl sites for hydroxylation is 1. The Morgan fingerprint density at radius 2 is 1.40 bits per heavy atom. The molecule has 1 nitrogen and oxygen atoms in total. The quantitative estimate of drug-likeness (QED) is 0.854. The summed E-state index contributed by atoms with van der Waals surface area (Å²) >= 11 is 0. The molecule has 0 aliphatic rings. The van der Waals surface area contributed by atoms with Crippen LogP contribution in [-0.2, 0) is 0 Å². The summed E-state index contributed by atoms with van der Waals surface area (Å²) in [5.74, 6) is -0.430. The lowest BCUT2D eigenvalue weighted by Gasteiger charge is -2.21. The average molecular weight is 275 g/mol. The zero-order valence-corrected chi connectivity index (χ0v) is 12.0. The lowest BCUT2D eigenvalue weighted by atomic mass is 10.0. The predicted octanol–water partition coefficient (Wildman–Crippen LogP) is 4.69. The molecule has 0 amide bonds. The zero-order chi connectivity index (χ0) is 14.7. The molecule has 2 aromatic carbocycles. The highest BCUT2D eigenvalue weighted by atomic mass is 19.1. The second-order valence-corrected chi connectivity index (χ2v) is 5.17. The summed E-state index contributed by atoms with van der Waals surface area (Å²) in [5, 5.41) is 3.39. The van der Waals surface area contributed by atoms with Gasteiger partial charge in [0.2, 0.25) is 0 Å². The van der Waals surface area contributed by atoms with Crippen molar-refractivity contribution in [1.82, 2.24) is 5.32 Å². The van der Waals surface area contributed by atoms with E-state index in [1.807, 2.05) is 19.9 Å². The first-order chi connectivity index (χ1) is 9.47. The molecule has 1 unspecified atom stereocenters. The fraction of sp³-hybridized carbons (Fsp3) is 0.294. The van der Waals surface area contributed by atoms with Crippen LogP contribution >= 0.6 is 0 Å². The molecule has 2 rings (SSSR count). The summed E-state index contributed by atoms with van der Waals surface area (Å²) in [7, 11) is 0. The number of benzene rings is 2. The second-order valence-electron chi connectivity index (χ2n) is 5.17. The van der Waals surface area contributed by atoms with Gasteiger partial charge in [0.1, 0.15) is 11.6 Å². The van der Waals surface area contributed by atoms with Crippen LogP contribution in [-0.4, -0.2) is 0 Å². The zero-order valence-electron chi connectivity index (χ0n) is 12.0. The number of rotatable bonds is 4. The molecular weight excluding hydrogens is 256 g/mol. The Balaban J connectivity index is 2.08. The predicted molar refractivity (Wildman–Crippen MR) is 77.5 cm³/mol. The molecule has 0 aromatic heterocycles. The van der Waals surface area contributed by atoms with Crippen LogP contribution in [0, 0.1) is 18.6 Å². The molecule has 0 aliphatic carbocycles. The Morgan fingerprint density at radius 3 is 2.00 bits per heavy atom. The Bertz CT molecular complexity index is 578. The fourth-order valence-electron chi connectivity index (χ4n) is 2.20. The summed E-state index contributed by atoms with van der Waals surface area (Å²) in [6.07, 6.45) is 0. The van der Waals surface area contributed by atoms with Crippen LogP contribution in [0.2, 0.25) is 0 Å². The molecule has 0 heterocycles. The highest BCUT2D eigenvalue weighted by molar-refractivity contribution is 5.26. The van der Waals surface area contributed by atoms with Gasteiger partial charge >= 0.3 is 0 Å². The number of nitrogens with one attached hydrogen (secondary N) is 1. The minimum absolute atomic E-state index is 0.0187. The Hall–Kier alpha value is -1.74. The topological polar surface area (TPSA) is 12.0 Å². The lowest BCUT2D eigenvalue weighted by molar-refractivity contribution is 0.490. The molecule has 0 aliphatic heterocycles. The molecule has 0 fully saturated rings. The largest absolute Gasteiger partial charge is 0.304 e. The van der Waals surface area contributed by atoms with Gasteiger partial charge in [-0.05, 0) is 55.7 Å². The molecule has 0 bridgehead atoms. The molecule has 106 valence electrons. The molecular formula is C17H19F2N. The van der Waals surface area contributed by atoms with Crippen LogP contribution in [0.1, 0.15) is 42.6 Å². The molecule has 2 atom stereocenters. The van der Waals surface area contributed by atoms with Crippen molar-refractivity contribution in [3.63, 3.8) is 0 Å². The van der Waals surface area contributed by atoms with Crippen LogP contribution in [0.5, 0.6) is 0 Å². The summed E-state index contributed by atoms with van der Waals surface area (Å²) in [6.45, 7) is 5.75. The highest BCUT2D eigenvalue weighted by Gasteiger charge is 2.12. The Morgan fingerprint density at radius 1 is 0.850 bits per heavy atom. The van der Waals surface area contributed by atoms with E-state index in [4.69, 9.17) is 0 Å². The summed E-state index contributed by atoms with van der Waals surface area (Å²) in [6, 6.07) is 11.8. The van der Waals surface area contributed by atoms with E-state index in [0.29, 0.717) is 5.56 Å². The third-order valence-corrected chi connectivity index (χ3v) is 3.57. The van der Waals surface area contributed by atoms with Crippen molar-refractivity contribution in [3.8, 4) is 0 Å². The van der Waals surface area contributed by atoms with Crippen LogP contribution in [0.3, 0.4) is 0 Å². The van der Waals surface area contributed by atoms with E-state index in [0.717, 1.165) is 11.1 Å². The molecule has 20 heavy (non-hydrogen) atoms. The van der Waals surface area contributed by atoms with Crippen molar-refractivity contribution in [1.29, 1.82) is 0 Å². The summed E-state index contributed by atoms with van der Waals surface area (Å²) in [5.41, 5.74) is 2.56. The number of hydrogen-bond donors (Lipinski definition) is 1. The van der Waals surface area contributed by atoms with E-state index in [-0.39, 0.29) is 23.7 Å². The van der Waals surface area contributed by atoms with Gasteiger partial charge in [0, 0.05) is 12.1 Å². The first-order valence-electron chi connectivity index (χ1n) is 6.75. The first kappa shape index (κ1) is 14.7. The van der Waals surface area contributed by atoms with Crippen LogP contribution in [0.4, 0.5) is 8.78 Å². The molecule has 0 saturated heterocycles. The molecule has 0 spiro atoms. The third-order valence-electron chi connectivity index (χ3n) is 3.57. The highest BCUT2D eigenvalue weighted by Crippen LogP contribution is 2.21. The fourth-order valence-corrected chi connectivity index (χ4v) is 2.20. The molecule has 1 N–H and O–H groups in total. The molecule has 0 saturated carbocycles. The van der Waals surface area contributed by atoms with Gasteiger partial charge in [-0.3, -0.25) is 0 Å². The Kier molecular flexibility index (Phi) is 4.50. The minimum atomic E-state index is -0.241. The van der Waals surface area contributed by atoms with E-state index in [1.165, 1.54) is 12.1 Å². The van der Waals surface area contributed by atoms with Crippen molar-refractivity contribution in [2.24, 2.45) is 0 Å². The maximum absolute atomic E-state index is 13.6. The van der Waals surface area contributed by atoms with E-state index in [9.17, 15) is 8.78 Å². The number of hydrogen-bond acceptors (Lipinski definition) is 1. The molecule has 3 heteroatoms. The maximum Gasteiger partial charge on any atom is 0.126 e. The standard InChI is InChI=1S/C17H19F2N/c1-11-4-5-15(10-17(11)19)13(3)20-12(2)14-6-8-16(18)9-7-14/h4-10,12-13,20H,1-3H3/t12-,13?/m1/s1. The van der Waals surface area contributed by atoms with Gasteiger partial charge in [0.25, 0.3) is 0 Å². The summed E-state index contributed by atoms with van der Waals surface area (Å²) < 4.78 is 26.5. The van der Waals surface area contributed by atoms with Crippen molar-refractivity contribution in [2.75, 3.05) is 0 Å². The van der Waals surface area contributed by atoms with Crippen molar-refractivity contribution in [2.45, 2.75) is 32.9 Å². The van der Waals surface area contributed by atoms with E-state index < -0.39 is 0 Å². The maximum atomic E-state index is 13.6. The van der Waals surface area contributed by atoms with Gasteiger partial charge in [-0.1, -0.05) is 24.3 Å². The number of halogens is 2. The molecule has 2 aromatic rings. The summed E-state index contributed by atoms with van der Waals surface area (Å²) in [4.78, 5) is 0. The minimum Gasteiger partial charge on any atom is -0.304 e. The molecule has 0 radical (unpaired) electrons. The van der Waals surface area contributed by atoms with Crippen LogP contribution in [0.25, 0.3) is 0 Å².